The topological polar surface area (TPSA) is 70.1 Å². The van der Waals surface area contributed by atoms with E-state index in [1.54, 1.807) is 4.90 Å². The van der Waals surface area contributed by atoms with Crippen molar-refractivity contribution in [3.63, 3.8) is 0 Å². The van der Waals surface area contributed by atoms with Crippen molar-refractivity contribution < 1.29 is 19.4 Å². The average Bonchev–Trinajstić information content (AvgIpc) is 2.91. The minimum atomic E-state index is -1.01. The normalized spacial score (nSPS) is 15.6. The number of aliphatic carboxylic acids is 1. The Kier molecular flexibility index (Phi) is 8.18. The maximum Gasteiger partial charge on any atom is 0.328 e. The van der Waals surface area contributed by atoms with Crippen LogP contribution in [0, 0.1) is 5.92 Å². The van der Waals surface area contributed by atoms with Crippen LogP contribution in [0.2, 0.25) is 0 Å². The molecule has 36 heavy (non-hydrogen) atoms. The molecule has 1 amide bonds. The number of anilines is 2. The highest BCUT2D eigenvalue weighted by atomic mass is 16.5. The Bertz CT molecular complexity index is 1210. The molecule has 6 nitrogen and oxygen atoms in total. The molecular formula is C30H32N2O4. The van der Waals surface area contributed by atoms with Crippen LogP contribution >= 0.6 is 0 Å². The first-order valence-electron chi connectivity index (χ1n) is 12.2. The van der Waals surface area contributed by atoms with Gasteiger partial charge in [-0.15, -0.1) is 0 Å². The second kappa shape index (κ2) is 11.7. The lowest BCUT2D eigenvalue weighted by atomic mass is 9.99. The van der Waals surface area contributed by atoms with Crippen LogP contribution in [0.5, 0.6) is 0 Å². The monoisotopic (exact) mass is 484 g/mol. The fraction of sp³-hybridized carbons (Fsp3) is 0.267. The molecule has 3 aromatic carbocycles. The van der Waals surface area contributed by atoms with Gasteiger partial charge in [0.25, 0.3) is 0 Å². The summed E-state index contributed by atoms with van der Waals surface area (Å²) in [7, 11) is 4.04. The van der Waals surface area contributed by atoms with Gasteiger partial charge in [-0.25, -0.2) is 4.79 Å². The van der Waals surface area contributed by atoms with E-state index >= 15 is 0 Å². The van der Waals surface area contributed by atoms with Gasteiger partial charge < -0.3 is 19.6 Å². The highest BCUT2D eigenvalue weighted by Crippen LogP contribution is 2.27. The highest BCUT2D eigenvalue weighted by molar-refractivity contribution is 5.95. The van der Waals surface area contributed by atoms with Crippen LogP contribution in [-0.4, -0.2) is 44.3 Å². The molecule has 0 spiro atoms. The third-order valence-corrected chi connectivity index (χ3v) is 6.39. The number of nitrogens with zero attached hydrogens (tertiary/aromatic N) is 2. The molecule has 1 atom stereocenters. The molecule has 1 aliphatic rings. The van der Waals surface area contributed by atoms with Gasteiger partial charge >= 0.3 is 5.97 Å². The molecule has 0 aliphatic carbocycles. The van der Waals surface area contributed by atoms with Gasteiger partial charge in [0.2, 0.25) is 5.91 Å². The minimum Gasteiger partial charge on any atom is -0.478 e. The molecule has 6 heteroatoms. The van der Waals surface area contributed by atoms with Gasteiger partial charge in [-0.3, -0.25) is 4.79 Å². The molecule has 1 aliphatic heterocycles. The lowest BCUT2D eigenvalue weighted by molar-refractivity contribution is -0.131. The Hall–Kier alpha value is -3.90. The maximum atomic E-state index is 13.6. The van der Waals surface area contributed by atoms with E-state index in [9.17, 15) is 9.59 Å². The summed E-state index contributed by atoms with van der Waals surface area (Å²) < 4.78 is 5.59. The van der Waals surface area contributed by atoms with E-state index in [2.05, 4.69) is 53.4 Å². The molecule has 3 aromatic rings. The van der Waals surface area contributed by atoms with Crippen LogP contribution < -0.4 is 9.80 Å². The number of hydrogen-bond acceptors (Lipinski definition) is 4. The molecular weight excluding hydrogens is 452 g/mol. The number of ether oxygens (including phenoxy) is 1. The van der Waals surface area contributed by atoms with Crippen molar-refractivity contribution >= 4 is 29.3 Å². The first-order chi connectivity index (χ1) is 17.4. The summed E-state index contributed by atoms with van der Waals surface area (Å²) >= 11 is 0. The third kappa shape index (κ3) is 6.40. The Morgan fingerprint density at radius 3 is 2.28 bits per heavy atom. The molecule has 0 bridgehead atoms. The van der Waals surface area contributed by atoms with Gasteiger partial charge in [0.15, 0.2) is 0 Å². The second-order valence-corrected chi connectivity index (χ2v) is 9.24. The predicted octanol–water partition coefficient (Wildman–Crippen LogP) is 5.48. The fourth-order valence-corrected chi connectivity index (χ4v) is 4.35. The van der Waals surface area contributed by atoms with Crippen molar-refractivity contribution in [2.24, 2.45) is 5.92 Å². The maximum absolute atomic E-state index is 13.6. The molecule has 0 radical (unpaired) electrons. The number of rotatable bonds is 8. The average molecular weight is 485 g/mol. The van der Waals surface area contributed by atoms with Gasteiger partial charge in [0, 0.05) is 38.2 Å². The van der Waals surface area contributed by atoms with Crippen LogP contribution in [-0.2, 0) is 20.9 Å². The quantitative estimate of drug-likeness (QED) is 0.429. The predicted molar refractivity (Wildman–Crippen MR) is 144 cm³/mol. The Morgan fingerprint density at radius 2 is 1.67 bits per heavy atom. The number of hydrogen-bond donors (Lipinski definition) is 1. The number of amides is 1. The van der Waals surface area contributed by atoms with E-state index in [-0.39, 0.29) is 11.8 Å². The number of carbonyl (C=O) groups excluding carboxylic acids is 1. The number of carboxylic acid groups (broad SMARTS) is 1. The summed E-state index contributed by atoms with van der Waals surface area (Å²) in [6.45, 7) is 1.54. The Labute approximate surface area is 212 Å². The smallest absolute Gasteiger partial charge is 0.328 e. The van der Waals surface area contributed by atoms with Crippen molar-refractivity contribution in [3.05, 3.63) is 90.0 Å². The van der Waals surface area contributed by atoms with Crippen molar-refractivity contribution in [1.29, 1.82) is 0 Å². The van der Waals surface area contributed by atoms with Crippen molar-refractivity contribution in [1.82, 2.24) is 0 Å². The highest BCUT2D eigenvalue weighted by Gasteiger charge is 2.28. The summed E-state index contributed by atoms with van der Waals surface area (Å²) in [6, 6.07) is 24.1. The lowest BCUT2D eigenvalue weighted by Crippen LogP contribution is -2.39. The van der Waals surface area contributed by atoms with Gasteiger partial charge in [-0.1, -0.05) is 48.5 Å². The molecule has 1 heterocycles. The number of carboxylic acids is 1. The van der Waals surface area contributed by atoms with Gasteiger partial charge in [-0.2, -0.15) is 0 Å². The van der Waals surface area contributed by atoms with Crippen molar-refractivity contribution in [2.45, 2.75) is 19.4 Å². The summed E-state index contributed by atoms with van der Waals surface area (Å²) in [5.41, 5.74) is 5.88. The summed E-state index contributed by atoms with van der Waals surface area (Å²) in [4.78, 5) is 28.4. The number of carbonyl (C=O) groups is 2. The second-order valence-electron chi connectivity index (χ2n) is 9.24. The number of benzene rings is 3. The van der Waals surface area contributed by atoms with Crippen LogP contribution in [0.3, 0.4) is 0 Å². The van der Waals surface area contributed by atoms with Crippen molar-refractivity contribution in [2.75, 3.05) is 37.1 Å². The van der Waals surface area contributed by atoms with E-state index in [1.165, 1.54) is 6.08 Å². The molecule has 1 unspecified atom stereocenters. The molecule has 1 N–H and O–H groups in total. The summed E-state index contributed by atoms with van der Waals surface area (Å²) in [5.74, 6) is -1.17. The van der Waals surface area contributed by atoms with Gasteiger partial charge in [0.05, 0.1) is 19.1 Å². The molecule has 0 saturated carbocycles. The molecule has 1 fully saturated rings. The molecule has 4 rings (SSSR count). The zero-order valence-electron chi connectivity index (χ0n) is 20.8. The van der Waals surface area contributed by atoms with Crippen LogP contribution in [0.15, 0.2) is 78.9 Å². The van der Waals surface area contributed by atoms with Crippen molar-refractivity contribution in [3.8, 4) is 11.1 Å². The summed E-state index contributed by atoms with van der Waals surface area (Å²) in [6.07, 6.45) is 4.31. The van der Waals surface area contributed by atoms with E-state index in [4.69, 9.17) is 9.84 Å². The fourth-order valence-electron chi connectivity index (χ4n) is 4.35. The third-order valence-electron chi connectivity index (χ3n) is 6.39. The zero-order chi connectivity index (χ0) is 25.5. The SMILES string of the molecule is CN(C)c1ccc(-c2ccc(CN(C(=O)C3CCCOC3)c3cccc(C=CC(=O)O)c3)cc2)cc1. The van der Waals surface area contributed by atoms with E-state index in [1.807, 2.05) is 38.4 Å². The lowest BCUT2D eigenvalue weighted by Gasteiger charge is -2.30. The molecule has 186 valence electrons. The van der Waals surface area contributed by atoms with Crippen LogP contribution in [0.1, 0.15) is 24.0 Å². The Morgan fingerprint density at radius 1 is 0.972 bits per heavy atom. The van der Waals surface area contributed by atoms with Gasteiger partial charge in [-0.05, 0) is 65.4 Å². The van der Waals surface area contributed by atoms with Crippen LogP contribution in [0.25, 0.3) is 17.2 Å². The first kappa shape index (κ1) is 25.2. The summed E-state index contributed by atoms with van der Waals surface area (Å²) in [5, 5.41) is 8.98. The largest absolute Gasteiger partial charge is 0.478 e. The minimum absolute atomic E-state index is 0.0254. The molecule has 1 saturated heterocycles. The van der Waals surface area contributed by atoms with E-state index in [0.29, 0.717) is 19.8 Å². The molecule has 0 aromatic heterocycles. The zero-order valence-corrected chi connectivity index (χ0v) is 20.8. The Balaban J connectivity index is 1.58. The van der Waals surface area contributed by atoms with E-state index in [0.717, 1.165) is 52.5 Å². The van der Waals surface area contributed by atoms with Gasteiger partial charge in [0.1, 0.15) is 0 Å². The standard InChI is InChI=1S/C30H32N2O4/c1-31(2)27-15-13-25(14-16-27)24-11-8-23(9-12-24)20-32(30(35)26-6-4-18-36-21-26)28-7-3-5-22(19-28)10-17-29(33)34/h3,5,7-17,19,26H,4,6,18,20-21H2,1-2H3,(H,33,34). The van der Waals surface area contributed by atoms with E-state index < -0.39 is 5.97 Å². The van der Waals surface area contributed by atoms with Crippen LogP contribution in [0.4, 0.5) is 11.4 Å². The first-order valence-corrected chi connectivity index (χ1v) is 12.2.